The van der Waals surface area contributed by atoms with Crippen molar-refractivity contribution in [2.75, 3.05) is 38.1 Å². The lowest BCUT2D eigenvalue weighted by Crippen LogP contribution is -2.45. The largest absolute Gasteiger partial charge is 0.340 e. The van der Waals surface area contributed by atoms with Crippen molar-refractivity contribution in [1.82, 2.24) is 24.0 Å². The molecule has 0 bridgehead atoms. The third kappa shape index (κ3) is 3.06. The number of imidazole rings is 1. The molecule has 1 aliphatic rings. The van der Waals surface area contributed by atoms with Crippen molar-refractivity contribution < 1.29 is 0 Å². The minimum atomic E-state index is -0.446. The van der Waals surface area contributed by atoms with Crippen molar-refractivity contribution >= 4 is 17.1 Å². The van der Waals surface area contributed by atoms with E-state index >= 15 is 0 Å². The van der Waals surface area contributed by atoms with Gasteiger partial charge >= 0.3 is 5.69 Å². The fourth-order valence-electron chi connectivity index (χ4n) is 3.58. The first-order valence-electron chi connectivity index (χ1n) is 9.13. The second kappa shape index (κ2) is 6.70. The molecule has 0 unspecified atom stereocenters. The van der Waals surface area contributed by atoms with Gasteiger partial charge in [0.15, 0.2) is 11.2 Å². The number of nitrogens with zero attached hydrogens (tertiary/aromatic N) is 5. The van der Waals surface area contributed by atoms with E-state index in [4.69, 9.17) is 4.98 Å². The smallest absolute Gasteiger partial charge is 0.329 e. The molecule has 0 spiro atoms. The summed E-state index contributed by atoms with van der Waals surface area (Å²) >= 11 is 0. The molecular weight excluding hydrogens is 344 g/mol. The Morgan fingerprint density at radius 3 is 2.48 bits per heavy atom. The first-order valence-corrected chi connectivity index (χ1v) is 9.13. The first-order chi connectivity index (χ1) is 13.0. The van der Waals surface area contributed by atoms with E-state index in [1.165, 1.54) is 4.57 Å². The summed E-state index contributed by atoms with van der Waals surface area (Å²) in [6, 6.07) is 8.12. The summed E-state index contributed by atoms with van der Waals surface area (Å²) in [6.45, 7) is 6.13. The van der Waals surface area contributed by atoms with Crippen molar-refractivity contribution in [2.45, 2.75) is 13.5 Å². The van der Waals surface area contributed by atoms with Crippen LogP contribution in [0.2, 0.25) is 0 Å². The minimum absolute atomic E-state index is 0.394. The van der Waals surface area contributed by atoms with Gasteiger partial charge in [0, 0.05) is 33.2 Å². The number of rotatable bonds is 3. The topological polar surface area (TPSA) is 79.2 Å². The Hall–Kier alpha value is -2.87. The van der Waals surface area contributed by atoms with Gasteiger partial charge in [-0.1, -0.05) is 24.3 Å². The van der Waals surface area contributed by atoms with Crippen LogP contribution in [-0.2, 0) is 13.6 Å². The molecule has 0 radical (unpaired) electrons. The van der Waals surface area contributed by atoms with Crippen LogP contribution in [0, 0.1) is 6.92 Å². The Morgan fingerprint density at radius 2 is 1.78 bits per heavy atom. The predicted molar refractivity (Wildman–Crippen MR) is 106 cm³/mol. The highest BCUT2D eigenvalue weighted by Gasteiger charge is 2.24. The van der Waals surface area contributed by atoms with Gasteiger partial charge in [0.25, 0.3) is 5.56 Å². The number of nitrogens with one attached hydrogen (secondary N) is 1. The Kier molecular flexibility index (Phi) is 4.35. The summed E-state index contributed by atoms with van der Waals surface area (Å²) in [4.78, 5) is 36.3. The van der Waals surface area contributed by atoms with Crippen molar-refractivity contribution in [3.8, 4) is 0 Å². The summed E-state index contributed by atoms with van der Waals surface area (Å²) in [6.07, 6.45) is 0. The van der Waals surface area contributed by atoms with Gasteiger partial charge in [-0.25, -0.2) is 4.79 Å². The Bertz CT molecular complexity index is 1100. The zero-order valence-corrected chi connectivity index (χ0v) is 15.9. The molecule has 1 aromatic carbocycles. The maximum Gasteiger partial charge on any atom is 0.329 e. The maximum absolute atomic E-state index is 12.6. The second-order valence-corrected chi connectivity index (χ2v) is 7.21. The number of H-pyrrole nitrogens is 1. The molecule has 0 amide bonds. The lowest BCUT2D eigenvalue weighted by Gasteiger charge is -2.33. The highest BCUT2D eigenvalue weighted by Crippen LogP contribution is 2.23. The van der Waals surface area contributed by atoms with Crippen molar-refractivity contribution in [2.24, 2.45) is 7.05 Å². The van der Waals surface area contributed by atoms with Crippen molar-refractivity contribution in [1.29, 1.82) is 0 Å². The zero-order chi connectivity index (χ0) is 19.1. The van der Waals surface area contributed by atoms with E-state index in [-0.39, 0.29) is 0 Å². The highest BCUT2D eigenvalue weighted by atomic mass is 16.2. The average molecular weight is 368 g/mol. The standard InChI is InChI=1S/C19H24N6O2/c1-13-6-4-5-7-14(13)12-25-15-16(23(3)19(27)21-17(15)26)20-18(25)24-10-8-22(2)9-11-24/h4-7H,8-12H2,1-3H3,(H,21,26,27). The molecule has 1 fully saturated rings. The predicted octanol–water partition coefficient (Wildman–Crippen LogP) is 0.532. The molecular formula is C19H24N6O2. The van der Waals surface area contributed by atoms with Gasteiger partial charge < -0.3 is 9.80 Å². The number of hydrogen-bond acceptors (Lipinski definition) is 5. The lowest BCUT2D eigenvalue weighted by molar-refractivity contribution is 0.310. The SMILES string of the molecule is Cc1ccccc1Cn1c(N2CCN(C)CC2)nc2c1c(=O)[nH]c(=O)n2C. The van der Waals surface area contributed by atoms with E-state index < -0.39 is 11.2 Å². The Balaban J connectivity index is 1.92. The summed E-state index contributed by atoms with van der Waals surface area (Å²) in [5.41, 5.74) is 2.30. The molecule has 142 valence electrons. The summed E-state index contributed by atoms with van der Waals surface area (Å²) in [5.74, 6) is 0.744. The number of aryl methyl sites for hydroxylation is 2. The number of aromatic amines is 1. The van der Waals surface area contributed by atoms with Crippen molar-refractivity contribution in [3.05, 3.63) is 56.2 Å². The van der Waals surface area contributed by atoms with Crippen LogP contribution in [0.15, 0.2) is 33.9 Å². The van der Waals surface area contributed by atoms with Gasteiger partial charge in [0.1, 0.15) is 0 Å². The lowest BCUT2D eigenvalue weighted by atomic mass is 10.1. The van der Waals surface area contributed by atoms with Crippen LogP contribution in [0.1, 0.15) is 11.1 Å². The van der Waals surface area contributed by atoms with Gasteiger partial charge in [0.2, 0.25) is 5.95 Å². The van der Waals surface area contributed by atoms with E-state index in [0.717, 1.165) is 43.3 Å². The molecule has 1 N–H and O–H groups in total. The van der Waals surface area contributed by atoms with Gasteiger partial charge in [-0.2, -0.15) is 4.98 Å². The van der Waals surface area contributed by atoms with E-state index in [2.05, 4.69) is 40.9 Å². The number of piperazine rings is 1. The number of hydrogen-bond donors (Lipinski definition) is 1. The molecule has 3 aromatic rings. The van der Waals surface area contributed by atoms with Crippen LogP contribution in [0.5, 0.6) is 0 Å². The summed E-state index contributed by atoms with van der Waals surface area (Å²) in [7, 11) is 3.74. The number of fused-ring (bicyclic) bond motifs is 1. The molecule has 1 saturated heterocycles. The fourth-order valence-corrected chi connectivity index (χ4v) is 3.58. The zero-order valence-electron chi connectivity index (χ0n) is 15.9. The number of anilines is 1. The van der Waals surface area contributed by atoms with Gasteiger partial charge in [0.05, 0.1) is 6.54 Å². The fraction of sp³-hybridized carbons (Fsp3) is 0.421. The molecule has 8 heteroatoms. The molecule has 2 aromatic heterocycles. The molecule has 4 rings (SSSR count). The number of benzene rings is 1. The second-order valence-electron chi connectivity index (χ2n) is 7.21. The summed E-state index contributed by atoms with van der Waals surface area (Å²) in [5, 5.41) is 0. The number of likely N-dealkylation sites (N-methyl/N-ethyl adjacent to an activating group) is 1. The van der Waals surface area contributed by atoms with Crippen LogP contribution < -0.4 is 16.1 Å². The Labute approximate surface area is 156 Å². The first kappa shape index (κ1) is 17.5. The quantitative estimate of drug-likeness (QED) is 0.730. The highest BCUT2D eigenvalue weighted by molar-refractivity contribution is 5.74. The molecule has 0 aliphatic carbocycles. The maximum atomic E-state index is 12.6. The van der Waals surface area contributed by atoms with Gasteiger partial charge in [-0.15, -0.1) is 0 Å². The van der Waals surface area contributed by atoms with Crippen LogP contribution in [-0.4, -0.2) is 57.2 Å². The average Bonchev–Trinajstić information content (AvgIpc) is 3.02. The van der Waals surface area contributed by atoms with Crippen molar-refractivity contribution in [3.63, 3.8) is 0 Å². The molecule has 1 aliphatic heterocycles. The molecule has 0 saturated carbocycles. The monoisotopic (exact) mass is 368 g/mol. The van der Waals surface area contributed by atoms with Crippen LogP contribution in [0.4, 0.5) is 5.95 Å². The van der Waals surface area contributed by atoms with Gasteiger partial charge in [-0.3, -0.25) is 18.9 Å². The molecule has 0 atom stereocenters. The van der Waals surface area contributed by atoms with E-state index in [1.807, 2.05) is 16.7 Å². The van der Waals surface area contributed by atoms with Crippen LogP contribution >= 0.6 is 0 Å². The minimum Gasteiger partial charge on any atom is -0.340 e. The molecule has 27 heavy (non-hydrogen) atoms. The van der Waals surface area contributed by atoms with Crippen LogP contribution in [0.25, 0.3) is 11.2 Å². The molecule has 3 heterocycles. The normalized spacial score (nSPS) is 15.6. The van der Waals surface area contributed by atoms with Crippen LogP contribution in [0.3, 0.4) is 0 Å². The van der Waals surface area contributed by atoms with E-state index in [9.17, 15) is 9.59 Å². The molecule has 8 nitrogen and oxygen atoms in total. The van der Waals surface area contributed by atoms with E-state index in [0.29, 0.717) is 17.7 Å². The third-order valence-corrected chi connectivity index (χ3v) is 5.36. The number of aromatic nitrogens is 4. The van der Waals surface area contributed by atoms with Gasteiger partial charge in [-0.05, 0) is 25.1 Å². The third-order valence-electron chi connectivity index (χ3n) is 5.36. The van der Waals surface area contributed by atoms with E-state index in [1.54, 1.807) is 7.05 Å². The summed E-state index contributed by atoms with van der Waals surface area (Å²) < 4.78 is 3.35. The Morgan fingerprint density at radius 1 is 1.07 bits per heavy atom.